The van der Waals surface area contributed by atoms with Crippen molar-refractivity contribution in [2.75, 3.05) is 31.5 Å². The summed E-state index contributed by atoms with van der Waals surface area (Å²) in [7, 11) is -3.45. The second kappa shape index (κ2) is 7.73. The van der Waals surface area contributed by atoms with Crippen molar-refractivity contribution >= 4 is 33.0 Å². The number of benzene rings is 2. The lowest BCUT2D eigenvalue weighted by molar-refractivity contribution is 0.268. The van der Waals surface area contributed by atoms with Crippen LogP contribution in [0.1, 0.15) is 11.1 Å². The summed E-state index contributed by atoms with van der Waals surface area (Å²) in [6.07, 6.45) is 0. The van der Waals surface area contributed by atoms with Gasteiger partial charge in [-0.05, 0) is 49.8 Å². The summed E-state index contributed by atoms with van der Waals surface area (Å²) in [5.41, 5.74) is 3.14. The Labute approximate surface area is 160 Å². The molecule has 0 spiro atoms. The zero-order chi connectivity index (χ0) is 18.7. The quantitative estimate of drug-likeness (QED) is 0.818. The number of hydrogen-bond donors (Lipinski definition) is 1. The lowest BCUT2D eigenvalue weighted by Gasteiger charge is -2.35. The number of aryl methyl sites for hydroxylation is 2. The fourth-order valence-corrected chi connectivity index (χ4v) is 4.61. The monoisotopic (exact) mass is 389 g/mol. The van der Waals surface area contributed by atoms with Crippen molar-refractivity contribution in [3.05, 3.63) is 59.7 Å². The van der Waals surface area contributed by atoms with Crippen LogP contribution in [0.2, 0.25) is 0 Å². The summed E-state index contributed by atoms with van der Waals surface area (Å²) in [4.78, 5) is 2.36. The van der Waals surface area contributed by atoms with Crippen LogP contribution in [0.3, 0.4) is 0 Å². The van der Waals surface area contributed by atoms with Gasteiger partial charge in [0.05, 0.1) is 4.90 Å². The normalized spacial score (nSPS) is 15.7. The van der Waals surface area contributed by atoms with Crippen LogP contribution in [0.4, 0.5) is 5.69 Å². The Morgan fingerprint density at radius 1 is 0.962 bits per heavy atom. The molecule has 1 N–H and O–H groups in total. The van der Waals surface area contributed by atoms with Crippen LogP contribution >= 0.6 is 12.2 Å². The van der Waals surface area contributed by atoms with E-state index >= 15 is 0 Å². The molecular weight excluding hydrogens is 366 g/mol. The molecule has 0 unspecified atom stereocenters. The topological polar surface area (TPSA) is 52.7 Å². The molecule has 1 saturated heterocycles. The summed E-state index contributed by atoms with van der Waals surface area (Å²) < 4.78 is 27.1. The van der Waals surface area contributed by atoms with E-state index in [4.69, 9.17) is 12.2 Å². The van der Waals surface area contributed by atoms with Gasteiger partial charge in [-0.1, -0.05) is 35.9 Å². The van der Waals surface area contributed by atoms with Crippen LogP contribution in [-0.2, 0) is 10.0 Å². The van der Waals surface area contributed by atoms with E-state index in [0.29, 0.717) is 36.2 Å². The maximum atomic E-state index is 12.8. The largest absolute Gasteiger partial charge is 0.346 e. The average Bonchev–Trinajstić information content (AvgIpc) is 2.64. The maximum Gasteiger partial charge on any atom is 0.243 e. The van der Waals surface area contributed by atoms with Crippen molar-refractivity contribution in [1.82, 2.24) is 9.21 Å². The molecule has 1 fully saturated rings. The first-order valence-electron chi connectivity index (χ1n) is 8.56. The molecule has 0 amide bonds. The van der Waals surface area contributed by atoms with Crippen molar-refractivity contribution < 1.29 is 8.42 Å². The third-order valence-corrected chi connectivity index (χ3v) is 6.84. The van der Waals surface area contributed by atoms with E-state index in [1.807, 2.05) is 55.1 Å². The minimum absolute atomic E-state index is 0.345. The highest BCUT2D eigenvalue weighted by atomic mass is 32.2. The minimum atomic E-state index is -3.45. The van der Waals surface area contributed by atoms with Crippen molar-refractivity contribution in [2.45, 2.75) is 18.7 Å². The number of rotatable bonds is 3. The predicted octanol–water partition coefficient (Wildman–Crippen LogP) is 3.01. The molecule has 0 bridgehead atoms. The van der Waals surface area contributed by atoms with Crippen LogP contribution in [-0.4, -0.2) is 48.9 Å². The highest BCUT2D eigenvalue weighted by Crippen LogP contribution is 2.19. The zero-order valence-corrected chi connectivity index (χ0v) is 16.6. The fourth-order valence-electron chi connectivity index (χ4n) is 2.90. The van der Waals surface area contributed by atoms with Gasteiger partial charge in [-0.15, -0.1) is 0 Å². The zero-order valence-electron chi connectivity index (χ0n) is 15.0. The molecule has 26 heavy (non-hydrogen) atoms. The van der Waals surface area contributed by atoms with Gasteiger partial charge in [-0.2, -0.15) is 4.31 Å². The van der Waals surface area contributed by atoms with Gasteiger partial charge in [0.25, 0.3) is 0 Å². The second-order valence-corrected chi connectivity index (χ2v) is 8.77. The van der Waals surface area contributed by atoms with Gasteiger partial charge in [-0.3, -0.25) is 0 Å². The number of anilines is 1. The van der Waals surface area contributed by atoms with Crippen LogP contribution in [0, 0.1) is 13.8 Å². The highest BCUT2D eigenvalue weighted by Gasteiger charge is 2.29. The maximum absolute atomic E-state index is 12.8. The molecule has 1 heterocycles. The van der Waals surface area contributed by atoms with Crippen molar-refractivity contribution in [3.8, 4) is 0 Å². The van der Waals surface area contributed by atoms with Crippen molar-refractivity contribution in [2.24, 2.45) is 0 Å². The van der Waals surface area contributed by atoms with Gasteiger partial charge in [0.1, 0.15) is 0 Å². The molecule has 0 saturated carbocycles. The van der Waals surface area contributed by atoms with Crippen LogP contribution in [0.25, 0.3) is 0 Å². The predicted molar refractivity (Wildman–Crippen MR) is 109 cm³/mol. The van der Waals surface area contributed by atoms with E-state index in [1.54, 1.807) is 12.1 Å². The van der Waals surface area contributed by atoms with Gasteiger partial charge >= 0.3 is 0 Å². The van der Waals surface area contributed by atoms with Gasteiger partial charge < -0.3 is 10.2 Å². The molecule has 1 aliphatic heterocycles. The van der Waals surface area contributed by atoms with E-state index < -0.39 is 10.0 Å². The smallest absolute Gasteiger partial charge is 0.243 e. The van der Waals surface area contributed by atoms with Crippen LogP contribution in [0.15, 0.2) is 53.4 Å². The molecule has 0 atom stereocenters. The van der Waals surface area contributed by atoms with Crippen molar-refractivity contribution in [1.29, 1.82) is 0 Å². The van der Waals surface area contributed by atoms with Gasteiger partial charge in [0, 0.05) is 31.9 Å². The van der Waals surface area contributed by atoms with E-state index in [0.717, 1.165) is 16.8 Å². The lowest BCUT2D eigenvalue weighted by atomic mass is 10.2. The SMILES string of the molecule is Cc1ccc(S(=O)(=O)N2CCN(C(=S)Nc3ccccc3C)CC2)cc1. The Morgan fingerprint density at radius 2 is 1.58 bits per heavy atom. The number of piperazine rings is 1. The molecule has 5 nitrogen and oxygen atoms in total. The molecule has 2 aromatic carbocycles. The van der Waals surface area contributed by atoms with Gasteiger partial charge in [0.15, 0.2) is 5.11 Å². The summed E-state index contributed by atoms with van der Waals surface area (Å²) in [5, 5.41) is 3.89. The third-order valence-electron chi connectivity index (χ3n) is 4.57. The molecular formula is C19H23N3O2S2. The second-order valence-electron chi connectivity index (χ2n) is 6.45. The Hall–Kier alpha value is -1.96. The molecule has 1 aliphatic rings. The number of nitrogens with zero attached hydrogens (tertiary/aromatic N) is 2. The van der Waals surface area contributed by atoms with E-state index in [1.165, 1.54) is 4.31 Å². The number of thiocarbonyl (C=S) groups is 1. The van der Waals surface area contributed by atoms with Gasteiger partial charge in [0.2, 0.25) is 10.0 Å². The first kappa shape index (κ1) is 18.8. The molecule has 138 valence electrons. The summed E-state index contributed by atoms with van der Waals surface area (Å²) in [6, 6.07) is 14.9. The standard InChI is InChI=1S/C19H23N3O2S2/c1-15-7-9-17(10-8-15)26(23,24)22-13-11-21(12-14-22)19(25)20-18-6-4-3-5-16(18)2/h3-10H,11-14H2,1-2H3,(H,20,25). The third kappa shape index (κ3) is 4.06. The Bertz CT molecular complexity index is 887. The van der Waals surface area contributed by atoms with Crippen molar-refractivity contribution in [3.63, 3.8) is 0 Å². The van der Waals surface area contributed by atoms with E-state index in [2.05, 4.69) is 5.32 Å². The first-order chi connectivity index (χ1) is 12.4. The van der Waals surface area contributed by atoms with E-state index in [9.17, 15) is 8.42 Å². The summed E-state index contributed by atoms with van der Waals surface area (Å²) in [5.74, 6) is 0. The molecule has 3 rings (SSSR count). The molecule has 0 radical (unpaired) electrons. The average molecular weight is 390 g/mol. The highest BCUT2D eigenvalue weighted by molar-refractivity contribution is 7.89. The Balaban J connectivity index is 1.62. The van der Waals surface area contributed by atoms with Crippen LogP contribution in [0.5, 0.6) is 0 Å². The first-order valence-corrected chi connectivity index (χ1v) is 10.4. The van der Waals surface area contributed by atoms with Gasteiger partial charge in [-0.25, -0.2) is 8.42 Å². The van der Waals surface area contributed by atoms with E-state index in [-0.39, 0.29) is 0 Å². The number of nitrogens with one attached hydrogen (secondary N) is 1. The molecule has 2 aromatic rings. The fraction of sp³-hybridized carbons (Fsp3) is 0.316. The summed E-state index contributed by atoms with van der Waals surface area (Å²) in [6.45, 7) is 5.96. The number of sulfonamides is 1. The van der Waals surface area contributed by atoms with Crippen LogP contribution < -0.4 is 5.32 Å². The molecule has 0 aliphatic carbocycles. The molecule has 7 heteroatoms. The number of para-hydroxylation sites is 1. The minimum Gasteiger partial charge on any atom is -0.346 e. The molecule has 0 aromatic heterocycles. The Kier molecular flexibility index (Phi) is 5.60. The number of hydrogen-bond acceptors (Lipinski definition) is 3. The lowest BCUT2D eigenvalue weighted by Crippen LogP contribution is -2.51. The summed E-state index contributed by atoms with van der Waals surface area (Å²) >= 11 is 5.50. The Morgan fingerprint density at radius 3 is 2.19 bits per heavy atom.